The number of methoxy groups -OCH3 is 2. The van der Waals surface area contributed by atoms with Gasteiger partial charge in [0.05, 0.1) is 14.2 Å². The largest absolute Gasteiger partial charge is 0.497 e. The van der Waals surface area contributed by atoms with Gasteiger partial charge in [0.15, 0.2) is 0 Å². The van der Waals surface area contributed by atoms with Gasteiger partial charge in [-0.15, -0.1) is 0 Å². The molecular weight excluding hydrogens is 416 g/mol. The quantitative estimate of drug-likeness (QED) is 0.552. The first-order valence-electron chi connectivity index (χ1n) is 11.8. The number of benzene rings is 2. The Morgan fingerprint density at radius 2 is 1.42 bits per heavy atom. The summed E-state index contributed by atoms with van der Waals surface area (Å²) in [4.78, 5) is 15.9. The van der Waals surface area contributed by atoms with E-state index in [1.165, 1.54) is 0 Å². The predicted octanol–water partition coefficient (Wildman–Crippen LogP) is 3.91. The summed E-state index contributed by atoms with van der Waals surface area (Å²) < 4.78 is 10.6. The van der Waals surface area contributed by atoms with Crippen molar-refractivity contribution in [1.82, 2.24) is 9.80 Å². The molecule has 1 aliphatic rings. The van der Waals surface area contributed by atoms with Crippen molar-refractivity contribution in [2.75, 3.05) is 47.9 Å². The first-order chi connectivity index (χ1) is 15.9. The Morgan fingerprint density at radius 1 is 0.939 bits per heavy atom. The molecule has 0 aliphatic carbocycles. The minimum absolute atomic E-state index is 0.103. The molecule has 0 bridgehead atoms. The van der Waals surface area contributed by atoms with Crippen molar-refractivity contribution in [3.63, 3.8) is 0 Å². The molecule has 2 aromatic carbocycles. The van der Waals surface area contributed by atoms with E-state index in [0.717, 1.165) is 67.9 Å². The molecule has 1 N–H and O–H groups in total. The number of rotatable bonds is 10. The Bertz CT molecular complexity index is 824. The zero-order valence-electron chi connectivity index (χ0n) is 20.4. The molecule has 0 aromatic heterocycles. The maximum absolute atomic E-state index is 12.2. The van der Waals surface area contributed by atoms with Gasteiger partial charge in [0.2, 0.25) is 5.91 Å². The molecule has 0 spiro atoms. The van der Waals surface area contributed by atoms with E-state index in [-0.39, 0.29) is 11.8 Å². The SMILES string of the molecule is COc1ccc(C(O)(c2ccc(OC)cc2)C2CCN(CCCCC(=O)N(C)C)CC2)cc1. The molecule has 1 heterocycles. The molecule has 33 heavy (non-hydrogen) atoms. The molecule has 180 valence electrons. The third-order valence-electron chi connectivity index (χ3n) is 6.85. The van der Waals surface area contributed by atoms with Crippen molar-refractivity contribution >= 4 is 5.91 Å². The van der Waals surface area contributed by atoms with Crippen molar-refractivity contribution in [2.24, 2.45) is 5.92 Å². The van der Waals surface area contributed by atoms with Crippen LogP contribution in [-0.2, 0) is 10.4 Å². The van der Waals surface area contributed by atoms with Crippen molar-refractivity contribution in [3.8, 4) is 11.5 Å². The summed E-state index contributed by atoms with van der Waals surface area (Å²) in [7, 11) is 6.91. The Hall–Kier alpha value is -2.57. The summed E-state index contributed by atoms with van der Waals surface area (Å²) >= 11 is 0. The Labute approximate surface area is 198 Å². The van der Waals surface area contributed by atoms with Crippen molar-refractivity contribution in [2.45, 2.75) is 37.7 Å². The number of aliphatic hydroxyl groups is 1. The number of ether oxygens (including phenoxy) is 2. The molecule has 1 saturated heterocycles. The number of carbonyl (C=O) groups excluding carboxylic acids is 1. The van der Waals surface area contributed by atoms with Crippen LogP contribution < -0.4 is 9.47 Å². The second-order valence-corrected chi connectivity index (χ2v) is 9.08. The fourth-order valence-electron chi connectivity index (χ4n) is 4.74. The Balaban J connectivity index is 1.69. The van der Waals surface area contributed by atoms with Gasteiger partial charge in [-0.25, -0.2) is 0 Å². The van der Waals surface area contributed by atoms with Crippen molar-refractivity contribution in [1.29, 1.82) is 0 Å². The molecule has 3 rings (SSSR count). The number of likely N-dealkylation sites (tertiary alicyclic amines) is 1. The number of carbonyl (C=O) groups is 1. The molecule has 0 saturated carbocycles. The third kappa shape index (κ3) is 6.06. The molecular formula is C27H38N2O4. The highest BCUT2D eigenvalue weighted by atomic mass is 16.5. The smallest absolute Gasteiger partial charge is 0.222 e. The second kappa shape index (κ2) is 11.5. The number of amides is 1. The highest BCUT2D eigenvalue weighted by Gasteiger charge is 2.41. The standard InChI is InChI=1S/C27H38N2O4/c1-28(2)26(30)7-5-6-18-29-19-16-23(17-20-29)27(31,21-8-12-24(32-3)13-9-21)22-10-14-25(33-4)15-11-22/h8-15,23,31H,5-7,16-20H2,1-4H3. The lowest BCUT2D eigenvalue weighted by atomic mass is 9.72. The first-order valence-corrected chi connectivity index (χ1v) is 11.8. The Morgan fingerprint density at radius 3 is 1.85 bits per heavy atom. The monoisotopic (exact) mass is 454 g/mol. The molecule has 0 atom stereocenters. The van der Waals surface area contributed by atoms with E-state index in [9.17, 15) is 9.90 Å². The number of hydrogen-bond acceptors (Lipinski definition) is 5. The number of hydrogen-bond donors (Lipinski definition) is 1. The molecule has 0 radical (unpaired) electrons. The van der Waals surface area contributed by atoms with E-state index >= 15 is 0 Å². The molecule has 6 heteroatoms. The Kier molecular flexibility index (Phi) is 8.75. The highest BCUT2D eigenvalue weighted by Crippen LogP contribution is 2.42. The summed E-state index contributed by atoms with van der Waals surface area (Å²) in [5.74, 6) is 1.85. The van der Waals surface area contributed by atoms with Crippen LogP contribution in [0, 0.1) is 5.92 Å². The number of unbranched alkanes of at least 4 members (excludes halogenated alkanes) is 1. The normalized spacial score (nSPS) is 15.3. The second-order valence-electron chi connectivity index (χ2n) is 9.08. The van der Waals surface area contributed by atoms with E-state index in [4.69, 9.17) is 9.47 Å². The van der Waals surface area contributed by atoms with Crippen molar-refractivity contribution in [3.05, 3.63) is 59.7 Å². The van der Waals surface area contributed by atoms with E-state index in [0.29, 0.717) is 6.42 Å². The summed E-state index contributed by atoms with van der Waals surface area (Å²) in [6.45, 7) is 2.89. The van der Waals surface area contributed by atoms with Gasteiger partial charge in [0.1, 0.15) is 17.1 Å². The van der Waals surface area contributed by atoms with Gasteiger partial charge in [0.25, 0.3) is 0 Å². The van der Waals surface area contributed by atoms with Crippen LogP contribution in [0.2, 0.25) is 0 Å². The molecule has 2 aromatic rings. The van der Waals surface area contributed by atoms with Crippen LogP contribution in [0.3, 0.4) is 0 Å². The summed E-state index contributed by atoms with van der Waals surface area (Å²) in [6, 6.07) is 15.5. The average Bonchev–Trinajstić information content (AvgIpc) is 2.86. The highest BCUT2D eigenvalue weighted by molar-refractivity contribution is 5.75. The van der Waals surface area contributed by atoms with Crippen LogP contribution in [-0.4, -0.2) is 68.8 Å². The maximum atomic E-state index is 12.2. The molecule has 1 fully saturated rings. The fourth-order valence-corrected chi connectivity index (χ4v) is 4.74. The lowest BCUT2D eigenvalue weighted by Crippen LogP contribution is -2.44. The van der Waals surface area contributed by atoms with E-state index in [1.807, 2.05) is 48.5 Å². The zero-order chi connectivity index (χ0) is 23.8. The lowest BCUT2D eigenvalue weighted by Gasteiger charge is -2.42. The minimum atomic E-state index is -1.08. The van der Waals surface area contributed by atoms with Crippen LogP contribution in [0.1, 0.15) is 43.2 Å². The minimum Gasteiger partial charge on any atom is -0.497 e. The summed E-state index contributed by atoms with van der Waals surface area (Å²) in [6.07, 6.45) is 4.36. The topological polar surface area (TPSA) is 62.2 Å². The van der Waals surface area contributed by atoms with E-state index in [1.54, 1.807) is 33.2 Å². The van der Waals surface area contributed by atoms with Gasteiger partial charge in [-0.3, -0.25) is 4.79 Å². The molecule has 1 aliphatic heterocycles. The van der Waals surface area contributed by atoms with Crippen LogP contribution >= 0.6 is 0 Å². The van der Waals surface area contributed by atoms with Gasteiger partial charge >= 0.3 is 0 Å². The van der Waals surface area contributed by atoms with Gasteiger partial charge in [-0.05, 0) is 86.6 Å². The van der Waals surface area contributed by atoms with Gasteiger partial charge < -0.3 is 24.4 Å². The van der Waals surface area contributed by atoms with E-state index < -0.39 is 5.60 Å². The number of piperidine rings is 1. The van der Waals surface area contributed by atoms with Gasteiger partial charge in [-0.2, -0.15) is 0 Å². The predicted molar refractivity (Wildman–Crippen MR) is 131 cm³/mol. The fraction of sp³-hybridized carbons (Fsp3) is 0.519. The maximum Gasteiger partial charge on any atom is 0.222 e. The zero-order valence-corrected chi connectivity index (χ0v) is 20.4. The van der Waals surface area contributed by atoms with Crippen LogP contribution in [0.4, 0.5) is 0 Å². The summed E-state index contributed by atoms with van der Waals surface area (Å²) in [5.41, 5.74) is 0.686. The average molecular weight is 455 g/mol. The van der Waals surface area contributed by atoms with Crippen LogP contribution in [0.15, 0.2) is 48.5 Å². The third-order valence-corrected chi connectivity index (χ3v) is 6.85. The molecule has 0 unspecified atom stereocenters. The summed E-state index contributed by atoms with van der Waals surface area (Å²) in [5, 5.41) is 12.2. The van der Waals surface area contributed by atoms with E-state index in [2.05, 4.69) is 4.90 Å². The van der Waals surface area contributed by atoms with Gasteiger partial charge in [-0.1, -0.05) is 24.3 Å². The van der Waals surface area contributed by atoms with Crippen LogP contribution in [0.25, 0.3) is 0 Å². The van der Waals surface area contributed by atoms with Crippen molar-refractivity contribution < 1.29 is 19.4 Å². The molecule has 1 amide bonds. The first kappa shape index (κ1) is 25.1. The number of nitrogens with zero attached hydrogens (tertiary/aromatic N) is 2. The van der Waals surface area contributed by atoms with Crippen LogP contribution in [0.5, 0.6) is 11.5 Å². The molecule has 6 nitrogen and oxygen atoms in total. The lowest BCUT2D eigenvalue weighted by molar-refractivity contribution is -0.128. The van der Waals surface area contributed by atoms with Gasteiger partial charge in [0, 0.05) is 20.5 Å².